The van der Waals surface area contributed by atoms with Gasteiger partial charge in [-0.25, -0.2) is 4.98 Å². The molecule has 7 heteroatoms. The zero-order chi connectivity index (χ0) is 15.8. The second-order valence-electron chi connectivity index (χ2n) is 6.31. The Kier molecular flexibility index (Phi) is 3.82. The van der Waals surface area contributed by atoms with Gasteiger partial charge in [0.1, 0.15) is 16.4 Å². The number of carbonyl (C=O) groups excluding carboxylic acids is 1. The first-order chi connectivity index (χ1) is 11.2. The zero-order valence-electron chi connectivity index (χ0n) is 13.0. The molecular weight excluding hydrogens is 310 g/mol. The maximum absolute atomic E-state index is 12.7. The quantitative estimate of drug-likeness (QED) is 0.932. The monoisotopic (exact) mass is 329 g/mol. The van der Waals surface area contributed by atoms with Gasteiger partial charge in [0.25, 0.3) is 5.91 Å². The molecule has 2 aliphatic rings. The van der Waals surface area contributed by atoms with Gasteiger partial charge in [-0.2, -0.15) is 0 Å². The fourth-order valence-electron chi connectivity index (χ4n) is 3.59. The van der Waals surface area contributed by atoms with Gasteiger partial charge < -0.3 is 10.2 Å². The number of thiazole rings is 1. The molecule has 6 nitrogen and oxygen atoms in total. The molecule has 0 saturated carbocycles. The summed E-state index contributed by atoms with van der Waals surface area (Å²) < 4.78 is 0. The molecule has 4 heterocycles. The molecular formula is C16H19N5OS. The minimum Gasteiger partial charge on any atom is -0.337 e. The molecule has 2 bridgehead atoms. The fraction of sp³-hybridized carbons (Fsp3) is 0.500. The van der Waals surface area contributed by atoms with Gasteiger partial charge >= 0.3 is 0 Å². The highest BCUT2D eigenvalue weighted by Crippen LogP contribution is 2.30. The molecule has 0 aromatic carbocycles. The third-order valence-corrected chi connectivity index (χ3v) is 5.69. The molecule has 2 atom stereocenters. The van der Waals surface area contributed by atoms with Crippen LogP contribution in [0.5, 0.6) is 0 Å². The highest BCUT2D eigenvalue weighted by molar-refractivity contribution is 7.13. The summed E-state index contributed by atoms with van der Waals surface area (Å²) in [4.78, 5) is 27.4. The van der Waals surface area contributed by atoms with Gasteiger partial charge in [-0.05, 0) is 25.7 Å². The van der Waals surface area contributed by atoms with Crippen molar-refractivity contribution in [2.75, 3.05) is 7.05 Å². The van der Waals surface area contributed by atoms with Gasteiger partial charge in [-0.1, -0.05) is 0 Å². The summed E-state index contributed by atoms with van der Waals surface area (Å²) in [5.41, 5.74) is 1.21. The van der Waals surface area contributed by atoms with Crippen molar-refractivity contribution >= 4 is 17.2 Å². The van der Waals surface area contributed by atoms with Gasteiger partial charge in [-0.15, -0.1) is 11.3 Å². The SMILES string of the molecule is CN(C(=O)c1csc(-c2cnccn2)n1)C1CC2CCC(C1)N2. The maximum atomic E-state index is 12.7. The number of nitrogens with zero attached hydrogens (tertiary/aromatic N) is 4. The highest BCUT2D eigenvalue weighted by atomic mass is 32.1. The van der Waals surface area contributed by atoms with E-state index in [0.717, 1.165) is 17.8 Å². The molecule has 2 unspecified atom stereocenters. The van der Waals surface area contributed by atoms with Crippen LogP contribution < -0.4 is 5.32 Å². The molecule has 2 saturated heterocycles. The molecule has 2 aliphatic heterocycles. The van der Waals surface area contributed by atoms with Crippen LogP contribution in [0, 0.1) is 0 Å². The normalized spacial score (nSPS) is 26.2. The second-order valence-corrected chi connectivity index (χ2v) is 7.17. The first-order valence-corrected chi connectivity index (χ1v) is 8.84. The third kappa shape index (κ3) is 2.86. The Hall–Kier alpha value is -1.86. The van der Waals surface area contributed by atoms with Crippen molar-refractivity contribution in [2.45, 2.75) is 43.8 Å². The standard InChI is InChI=1S/C16H19N5OS/c1-21(12-6-10-2-3-11(7-12)19-10)16(22)14-9-23-15(20-14)13-8-17-4-5-18-13/h4-5,8-12,19H,2-3,6-7H2,1H3. The van der Waals surface area contributed by atoms with Gasteiger partial charge in [0.2, 0.25) is 0 Å². The van der Waals surface area contributed by atoms with E-state index in [-0.39, 0.29) is 5.91 Å². The Morgan fingerprint density at radius 2 is 2.09 bits per heavy atom. The lowest BCUT2D eigenvalue weighted by molar-refractivity contribution is 0.0676. The number of rotatable bonds is 3. The fourth-order valence-corrected chi connectivity index (χ4v) is 4.34. The number of hydrogen-bond acceptors (Lipinski definition) is 6. The predicted molar refractivity (Wildman–Crippen MR) is 88.2 cm³/mol. The first kappa shape index (κ1) is 14.7. The summed E-state index contributed by atoms with van der Waals surface area (Å²) in [7, 11) is 1.90. The topological polar surface area (TPSA) is 71.0 Å². The Balaban J connectivity index is 1.49. The smallest absolute Gasteiger partial charge is 0.273 e. The average molecular weight is 329 g/mol. The van der Waals surface area contributed by atoms with Crippen LogP contribution in [0.3, 0.4) is 0 Å². The first-order valence-electron chi connectivity index (χ1n) is 7.96. The highest BCUT2D eigenvalue weighted by Gasteiger charge is 2.36. The Morgan fingerprint density at radius 1 is 1.30 bits per heavy atom. The molecule has 2 fully saturated rings. The number of carbonyl (C=O) groups is 1. The largest absolute Gasteiger partial charge is 0.337 e. The van der Waals surface area contributed by atoms with Crippen LogP contribution in [0.4, 0.5) is 0 Å². The molecule has 1 N–H and O–H groups in total. The van der Waals surface area contributed by atoms with Gasteiger partial charge in [0.05, 0.1) is 6.20 Å². The van der Waals surface area contributed by atoms with Crippen LogP contribution in [0.15, 0.2) is 24.0 Å². The van der Waals surface area contributed by atoms with Crippen molar-refractivity contribution in [1.82, 2.24) is 25.2 Å². The minimum atomic E-state index is 0.00249. The average Bonchev–Trinajstić information content (AvgIpc) is 3.21. The number of piperidine rings is 1. The van der Waals surface area contributed by atoms with Crippen LogP contribution in [0.2, 0.25) is 0 Å². The van der Waals surface area contributed by atoms with E-state index in [1.165, 1.54) is 24.2 Å². The molecule has 2 aromatic heterocycles. The number of hydrogen-bond donors (Lipinski definition) is 1. The zero-order valence-corrected chi connectivity index (χ0v) is 13.8. The van der Waals surface area contributed by atoms with Crippen LogP contribution in [-0.2, 0) is 0 Å². The molecule has 0 radical (unpaired) electrons. The van der Waals surface area contributed by atoms with E-state index in [1.54, 1.807) is 18.6 Å². The third-order valence-electron chi connectivity index (χ3n) is 4.82. The van der Waals surface area contributed by atoms with E-state index in [4.69, 9.17) is 0 Å². The summed E-state index contributed by atoms with van der Waals surface area (Å²) in [6.07, 6.45) is 9.48. The van der Waals surface area contributed by atoms with E-state index in [2.05, 4.69) is 20.3 Å². The lowest BCUT2D eigenvalue weighted by atomic mass is 9.98. The summed E-state index contributed by atoms with van der Waals surface area (Å²) in [5.74, 6) is 0.00249. The van der Waals surface area contributed by atoms with Crippen molar-refractivity contribution in [3.05, 3.63) is 29.7 Å². The predicted octanol–water partition coefficient (Wildman–Crippen LogP) is 1.96. The number of nitrogens with one attached hydrogen (secondary N) is 1. The van der Waals surface area contributed by atoms with Crippen LogP contribution >= 0.6 is 11.3 Å². The molecule has 0 spiro atoms. The molecule has 4 rings (SSSR count). The molecule has 120 valence electrons. The molecule has 0 aliphatic carbocycles. The molecule has 23 heavy (non-hydrogen) atoms. The summed E-state index contributed by atoms with van der Waals surface area (Å²) >= 11 is 1.44. The number of amides is 1. The number of fused-ring (bicyclic) bond motifs is 2. The summed E-state index contributed by atoms with van der Waals surface area (Å²) in [5, 5.41) is 6.17. The van der Waals surface area contributed by atoms with Crippen LogP contribution in [0.25, 0.3) is 10.7 Å². The van der Waals surface area contributed by atoms with E-state index < -0.39 is 0 Å². The van der Waals surface area contributed by atoms with Crippen molar-refractivity contribution in [3.63, 3.8) is 0 Å². The van der Waals surface area contributed by atoms with Crippen LogP contribution in [-0.4, -0.2) is 50.9 Å². The van der Waals surface area contributed by atoms with Gasteiger partial charge in [-0.3, -0.25) is 14.8 Å². The Labute approximate surface area is 139 Å². The van der Waals surface area contributed by atoms with Gasteiger partial charge in [0.15, 0.2) is 0 Å². The maximum Gasteiger partial charge on any atom is 0.273 e. The van der Waals surface area contributed by atoms with Crippen molar-refractivity contribution in [1.29, 1.82) is 0 Å². The Bertz CT molecular complexity index is 692. The van der Waals surface area contributed by atoms with Crippen molar-refractivity contribution < 1.29 is 4.79 Å². The molecule has 2 aromatic rings. The summed E-state index contributed by atoms with van der Waals surface area (Å²) in [6, 6.07) is 1.45. The molecule has 1 amide bonds. The number of aromatic nitrogens is 3. The summed E-state index contributed by atoms with van der Waals surface area (Å²) in [6.45, 7) is 0. The van der Waals surface area contributed by atoms with E-state index in [1.807, 2.05) is 17.3 Å². The van der Waals surface area contributed by atoms with Crippen LogP contribution in [0.1, 0.15) is 36.2 Å². The Morgan fingerprint density at radius 3 is 2.78 bits per heavy atom. The minimum absolute atomic E-state index is 0.00249. The van der Waals surface area contributed by atoms with E-state index >= 15 is 0 Å². The van der Waals surface area contributed by atoms with Gasteiger partial charge in [0, 0.05) is 42.9 Å². The lowest BCUT2D eigenvalue weighted by Gasteiger charge is -2.35. The van der Waals surface area contributed by atoms with E-state index in [0.29, 0.717) is 29.5 Å². The second kappa shape index (κ2) is 5.98. The van der Waals surface area contributed by atoms with Crippen molar-refractivity contribution in [2.24, 2.45) is 0 Å². The lowest BCUT2D eigenvalue weighted by Crippen LogP contribution is -2.48. The van der Waals surface area contributed by atoms with Crippen molar-refractivity contribution in [3.8, 4) is 10.7 Å². The van der Waals surface area contributed by atoms with E-state index in [9.17, 15) is 4.79 Å².